The van der Waals surface area contributed by atoms with Crippen molar-refractivity contribution in [2.45, 2.75) is 50.5 Å². The number of hydrogen-bond acceptors (Lipinski definition) is 2. The maximum absolute atomic E-state index is 12.2. The Morgan fingerprint density at radius 2 is 1.71 bits per heavy atom. The summed E-state index contributed by atoms with van der Waals surface area (Å²) in [6.45, 7) is 6.33. The monoisotopic (exact) mass is 251 g/mol. The highest BCUT2D eigenvalue weighted by Crippen LogP contribution is 2.21. The van der Waals surface area contributed by atoms with Crippen molar-refractivity contribution in [3.63, 3.8) is 0 Å². The topological polar surface area (TPSA) is 29.1 Å². The summed E-state index contributed by atoms with van der Waals surface area (Å²) in [7, 11) is 0. The first-order valence-corrected chi connectivity index (χ1v) is 6.63. The van der Waals surface area contributed by atoms with E-state index in [1.54, 1.807) is 0 Å². The van der Waals surface area contributed by atoms with E-state index in [-0.39, 0.29) is 11.4 Å². The molecule has 0 heterocycles. The number of amides is 1. The Kier molecular flexibility index (Phi) is 5.06. The van der Waals surface area contributed by atoms with Crippen molar-refractivity contribution in [1.29, 1.82) is 0 Å². The minimum Gasteiger partial charge on any atom is -0.347 e. The van der Waals surface area contributed by atoms with E-state index in [4.69, 9.17) is 0 Å². The molecule has 1 aromatic rings. The molecule has 0 spiro atoms. The van der Waals surface area contributed by atoms with Gasteiger partial charge < -0.3 is 5.32 Å². The van der Waals surface area contributed by atoms with Crippen molar-refractivity contribution in [2.24, 2.45) is 0 Å². The molecule has 1 amide bonds. The Morgan fingerprint density at radius 3 is 2.18 bits per heavy atom. The van der Waals surface area contributed by atoms with Crippen LogP contribution >= 0.6 is 12.6 Å². The summed E-state index contributed by atoms with van der Waals surface area (Å²) < 4.78 is 0. The molecule has 2 nitrogen and oxygen atoms in total. The zero-order chi connectivity index (χ0) is 12.9. The lowest BCUT2D eigenvalue weighted by Crippen LogP contribution is -2.47. The van der Waals surface area contributed by atoms with Crippen LogP contribution in [0, 0.1) is 0 Å². The van der Waals surface area contributed by atoms with Gasteiger partial charge in [-0.2, -0.15) is 0 Å². The summed E-state index contributed by atoms with van der Waals surface area (Å²) in [6.07, 6.45) is 2.83. The molecule has 0 saturated heterocycles. The fourth-order valence-corrected chi connectivity index (χ4v) is 2.25. The van der Waals surface area contributed by atoms with Crippen molar-refractivity contribution >= 4 is 18.5 Å². The molecule has 17 heavy (non-hydrogen) atoms. The second-order valence-electron chi connectivity index (χ2n) is 4.31. The molecule has 0 unspecified atom stereocenters. The number of thiol groups is 1. The van der Waals surface area contributed by atoms with E-state index in [9.17, 15) is 4.79 Å². The van der Waals surface area contributed by atoms with E-state index in [1.165, 1.54) is 0 Å². The van der Waals surface area contributed by atoms with Gasteiger partial charge in [0.15, 0.2) is 0 Å². The maximum Gasteiger partial charge on any atom is 0.252 e. The molecule has 1 N–H and O–H groups in total. The highest BCUT2D eigenvalue weighted by Gasteiger charge is 2.26. The van der Waals surface area contributed by atoms with Gasteiger partial charge >= 0.3 is 0 Å². The highest BCUT2D eigenvalue weighted by molar-refractivity contribution is 7.80. The molecule has 0 aliphatic heterocycles. The lowest BCUT2D eigenvalue weighted by molar-refractivity contribution is 0.0885. The molecule has 94 valence electrons. The van der Waals surface area contributed by atoms with E-state index in [2.05, 4.69) is 38.7 Å². The minimum atomic E-state index is -0.0901. The van der Waals surface area contributed by atoms with Crippen LogP contribution in [0.1, 0.15) is 50.4 Å². The summed E-state index contributed by atoms with van der Waals surface area (Å²) >= 11 is 4.31. The SMILES string of the molecule is CCC(CC)(CC)NC(=O)c1ccccc1S. The van der Waals surface area contributed by atoms with Gasteiger partial charge in [-0.1, -0.05) is 32.9 Å². The molecular weight excluding hydrogens is 230 g/mol. The van der Waals surface area contributed by atoms with Crippen LogP contribution in [0.3, 0.4) is 0 Å². The summed E-state index contributed by atoms with van der Waals surface area (Å²) in [5.74, 6) is -0.0267. The van der Waals surface area contributed by atoms with Crippen LogP contribution in [0.5, 0.6) is 0 Å². The fraction of sp³-hybridized carbons (Fsp3) is 0.500. The number of nitrogens with one attached hydrogen (secondary N) is 1. The van der Waals surface area contributed by atoms with Crippen LogP contribution in [0.2, 0.25) is 0 Å². The van der Waals surface area contributed by atoms with E-state index in [1.807, 2.05) is 24.3 Å². The Morgan fingerprint density at radius 1 is 1.18 bits per heavy atom. The van der Waals surface area contributed by atoms with E-state index >= 15 is 0 Å². The van der Waals surface area contributed by atoms with Gasteiger partial charge in [-0.05, 0) is 31.4 Å². The Balaban J connectivity index is 2.89. The molecule has 0 radical (unpaired) electrons. The van der Waals surface area contributed by atoms with E-state index < -0.39 is 0 Å². The Bertz CT molecular complexity index is 377. The summed E-state index contributed by atoms with van der Waals surface area (Å²) in [5, 5.41) is 3.15. The minimum absolute atomic E-state index is 0.0267. The van der Waals surface area contributed by atoms with Crippen molar-refractivity contribution in [3.05, 3.63) is 29.8 Å². The van der Waals surface area contributed by atoms with Crippen LogP contribution in [-0.4, -0.2) is 11.4 Å². The predicted octanol–water partition coefficient (Wildman–Crippen LogP) is 3.67. The normalized spacial score (nSPS) is 11.3. The second-order valence-corrected chi connectivity index (χ2v) is 4.79. The zero-order valence-electron chi connectivity index (χ0n) is 10.8. The lowest BCUT2D eigenvalue weighted by atomic mass is 9.89. The van der Waals surface area contributed by atoms with Crippen molar-refractivity contribution < 1.29 is 4.79 Å². The van der Waals surface area contributed by atoms with E-state index in [0.717, 1.165) is 24.2 Å². The molecule has 1 aromatic carbocycles. The van der Waals surface area contributed by atoms with E-state index in [0.29, 0.717) is 5.56 Å². The van der Waals surface area contributed by atoms with Crippen molar-refractivity contribution in [3.8, 4) is 0 Å². The van der Waals surface area contributed by atoms with Gasteiger partial charge in [0.1, 0.15) is 0 Å². The Labute approximate surface area is 109 Å². The standard InChI is InChI=1S/C14H21NOS/c1-4-14(5-2,6-3)15-13(16)11-9-7-8-10-12(11)17/h7-10,17H,4-6H2,1-3H3,(H,15,16). The highest BCUT2D eigenvalue weighted by atomic mass is 32.1. The summed E-state index contributed by atoms with van der Waals surface area (Å²) in [6, 6.07) is 7.39. The first-order valence-electron chi connectivity index (χ1n) is 6.19. The second kappa shape index (κ2) is 6.10. The quantitative estimate of drug-likeness (QED) is 0.768. The van der Waals surface area contributed by atoms with Gasteiger partial charge in [-0.3, -0.25) is 4.79 Å². The predicted molar refractivity (Wildman–Crippen MR) is 74.8 cm³/mol. The zero-order valence-corrected chi connectivity index (χ0v) is 11.7. The van der Waals surface area contributed by atoms with Crippen LogP contribution < -0.4 is 5.32 Å². The van der Waals surface area contributed by atoms with Crippen molar-refractivity contribution in [1.82, 2.24) is 5.32 Å². The molecule has 1 rings (SSSR count). The van der Waals surface area contributed by atoms with Crippen LogP contribution in [0.25, 0.3) is 0 Å². The van der Waals surface area contributed by atoms with Gasteiger partial charge in [-0.25, -0.2) is 0 Å². The third-order valence-corrected chi connectivity index (χ3v) is 3.95. The average Bonchev–Trinajstić information content (AvgIpc) is 2.36. The molecule has 0 aromatic heterocycles. The van der Waals surface area contributed by atoms with Crippen LogP contribution in [-0.2, 0) is 0 Å². The van der Waals surface area contributed by atoms with Crippen molar-refractivity contribution in [2.75, 3.05) is 0 Å². The number of rotatable bonds is 5. The third kappa shape index (κ3) is 3.25. The number of hydrogen-bond donors (Lipinski definition) is 2. The average molecular weight is 251 g/mol. The molecule has 0 fully saturated rings. The molecule has 0 atom stereocenters. The number of carbonyl (C=O) groups excluding carboxylic acids is 1. The smallest absolute Gasteiger partial charge is 0.252 e. The summed E-state index contributed by atoms with van der Waals surface area (Å²) in [4.78, 5) is 12.9. The lowest BCUT2D eigenvalue weighted by Gasteiger charge is -2.32. The maximum atomic E-state index is 12.2. The summed E-state index contributed by atoms with van der Waals surface area (Å²) in [5.41, 5.74) is 0.559. The number of carbonyl (C=O) groups is 1. The van der Waals surface area contributed by atoms with Gasteiger partial charge in [0.25, 0.3) is 5.91 Å². The molecule has 0 bridgehead atoms. The first-order chi connectivity index (χ1) is 8.08. The van der Waals surface area contributed by atoms with Gasteiger partial charge in [0, 0.05) is 10.4 Å². The molecule has 0 aliphatic rings. The molecule has 3 heteroatoms. The van der Waals surface area contributed by atoms with Gasteiger partial charge in [-0.15, -0.1) is 12.6 Å². The van der Waals surface area contributed by atoms with Crippen LogP contribution in [0.15, 0.2) is 29.2 Å². The molecule has 0 saturated carbocycles. The van der Waals surface area contributed by atoms with Crippen LogP contribution in [0.4, 0.5) is 0 Å². The fourth-order valence-electron chi connectivity index (χ4n) is 1.99. The third-order valence-electron chi connectivity index (χ3n) is 3.56. The Hall–Kier alpha value is -0.960. The van der Waals surface area contributed by atoms with Gasteiger partial charge in [0.2, 0.25) is 0 Å². The molecule has 0 aliphatic carbocycles. The largest absolute Gasteiger partial charge is 0.347 e. The number of benzene rings is 1. The molecular formula is C14H21NOS. The first kappa shape index (κ1) is 14.1. The van der Waals surface area contributed by atoms with Gasteiger partial charge in [0.05, 0.1) is 5.56 Å².